The van der Waals surface area contributed by atoms with E-state index >= 15 is 0 Å². The molecule has 0 bridgehead atoms. The van der Waals surface area contributed by atoms with Gasteiger partial charge in [0.05, 0.1) is 0 Å². The van der Waals surface area contributed by atoms with Crippen LogP contribution in [0.25, 0.3) is 0 Å². The molecule has 2 rings (SSSR count). The summed E-state index contributed by atoms with van der Waals surface area (Å²) < 4.78 is 5.38. The Balaban J connectivity index is 1.96. The van der Waals surface area contributed by atoms with Gasteiger partial charge in [-0.05, 0) is 64.2 Å². The fourth-order valence-electron chi connectivity index (χ4n) is 3.48. The van der Waals surface area contributed by atoms with E-state index in [4.69, 9.17) is 4.74 Å². The average Bonchev–Trinajstić information content (AvgIpc) is 2.58. The first-order valence-corrected chi connectivity index (χ1v) is 9.48. The summed E-state index contributed by atoms with van der Waals surface area (Å²) >= 11 is 0. The van der Waals surface area contributed by atoms with E-state index in [9.17, 15) is 4.79 Å². The minimum atomic E-state index is -0.470. The van der Waals surface area contributed by atoms with Gasteiger partial charge >= 0.3 is 6.09 Å². The molecule has 0 radical (unpaired) electrons. The summed E-state index contributed by atoms with van der Waals surface area (Å²) in [6, 6.07) is 4.54. The van der Waals surface area contributed by atoms with E-state index in [2.05, 4.69) is 22.5 Å². The van der Waals surface area contributed by atoms with Crippen molar-refractivity contribution in [3.63, 3.8) is 0 Å². The van der Waals surface area contributed by atoms with Crippen molar-refractivity contribution in [3.8, 4) is 0 Å². The average molecular weight is 348 g/mol. The van der Waals surface area contributed by atoms with Crippen LogP contribution in [-0.2, 0) is 4.74 Å². The number of amides is 1. The van der Waals surface area contributed by atoms with Gasteiger partial charge in [-0.25, -0.2) is 4.79 Å². The quantitative estimate of drug-likeness (QED) is 0.809. The number of nitrogens with zero attached hydrogens (tertiary/aromatic N) is 1. The first-order valence-electron chi connectivity index (χ1n) is 9.48. The van der Waals surface area contributed by atoms with Crippen LogP contribution in [0, 0.1) is 5.92 Å². The minimum Gasteiger partial charge on any atom is -0.444 e. The van der Waals surface area contributed by atoms with Crippen molar-refractivity contribution in [2.75, 3.05) is 6.54 Å². The zero-order valence-corrected chi connectivity index (χ0v) is 16.0. The smallest absolute Gasteiger partial charge is 0.407 e. The van der Waals surface area contributed by atoms with E-state index < -0.39 is 5.60 Å². The van der Waals surface area contributed by atoms with E-state index in [1.807, 2.05) is 45.3 Å². The lowest BCUT2D eigenvalue weighted by Gasteiger charge is -2.33. The Labute approximate surface area is 151 Å². The summed E-state index contributed by atoms with van der Waals surface area (Å²) in [5.74, 6) is 0.591. The lowest BCUT2D eigenvalue weighted by atomic mass is 9.83. The number of hydrogen-bond acceptors (Lipinski definition) is 4. The van der Waals surface area contributed by atoms with Crippen LogP contribution >= 0.6 is 0 Å². The topological polar surface area (TPSA) is 63.2 Å². The number of carbonyl (C=O) groups excluding carboxylic acids is 1. The molecule has 1 aliphatic carbocycles. The first kappa shape index (κ1) is 19.7. The van der Waals surface area contributed by atoms with Crippen molar-refractivity contribution in [1.29, 1.82) is 0 Å². The molecule has 2 atom stereocenters. The summed E-state index contributed by atoms with van der Waals surface area (Å²) in [6.07, 6.45) is 9.62. The number of hydrogen-bond donors (Lipinski definition) is 2. The van der Waals surface area contributed by atoms with E-state index in [-0.39, 0.29) is 18.2 Å². The molecule has 1 amide bonds. The van der Waals surface area contributed by atoms with Gasteiger partial charge in [-0.15, -0.1) is 0 Å². The second-order valence-electron chi connectivity index (χ2n) is 8.06. The molecule has 0 saturated heterocycles. The maximum absolute atomic E-state index is 12.0. The normalized spacial score (nSPS) is 18.4. The van der Waals surface area contributed by atoms with E-state index in [0.717, 1.165) is 0 Å². The lowest BCUT2D eigenvalue weighted by Crippen LogP contribution is -2.47. The molecule has 0 aromatic carbocycles. The third kappa shape index (κ3) is 7.02. The van der Waals surface area contributed by atoms with Gasteiger partial charge in [-0.2, -0.15) is 0 Å². The Morgan fingerprint density at radius 2 is 1.88 bits per heavy atom. The van der Waals surface area contributed by atoms with Crippen LogP contribution in [0.1, 0.15) is 71.4 Å². The van der Waals surface area contributed by atoms with Gasteiger partial charge in [0, 0.05) is 31.0 Å². The summed E-state index contributed by atoms with van der Waals surface area (Å²) in [4.78, 5) is 16.1. The number of carbonyl (C=O) groups is 1. The van der Waals surface area contributed by atoms with Gasteiger partial charge in [0.15, 0.2) is 0 Å². The van der Waals surface area contributed by atoms with Gasteiger partial charge in [0.25, 0.3) is 0 Å². The molecule has 0 aliphatic heterocycles. The molecule has 140 valence electrons. The molecule has 5 nitrogen and oxygen atoms in total. The highest BCUT2D eigenvalue weighted by atomic mass is 16.6. The van der Waals surface area contributed by atoms with Crippen LogP contribution in [-0.4, -0.2) is 29.3 Å². The van der Waals surface area contributed by atoms with Crippen molar-refractivity contribution >= 4 is 6.09 Å². The number of aromatic nitrogens is 1. The van der Waals surface area contributed by atoms with E-state index in [0.29, 0.717) is 12.5 Å². The predicted molar refractivity (Wildman–Crippen MR) is 100 cm³/mol. The molecule has 1 saturated carbocycles. The maximum atomic E-state index is 12.0. The molecular weight excluding hydrogens is 314 g/mol. The van der Waals surface area contributed by atoms with Crippen LogP contribution in [0.2, 0.25) is 0 Å². The summed E-state index contributed by atoms with van der Waals surface area (Å²) in [5, 5.41) is 6.68. The third-order valence-corrected chi connectivity index (χ3v) is 4.75. The minimum absolute atomic E-state index is 0.218. The fraction of sp³-hybridized carbons (Fsp3) is 0.700. The van der Waals surface area contributed by atoms with Gasteiger partial charge < -0.3 is 15.4 Å². The number of rotatable bonds is 6. The zero-order chi connectivity index (χ0) is 18.3. The monoisotopic (exact) mass is 347 g/mol. The van der Waals surface area contributed by atoms with Crippen molar-refractivity contribution < 1.29 is 9.53 Å². The van der Waals surface area contributed by atoms with Gasteiger partial charge in [0.2, 0.25) is 0 Å². The number of alkyl carbamates (subject to hydrolysis) is 1. The third-order valence-electron chi connectivity index (χ3n) is 4.75. The maximum Gasteiger partial charge on any atom is 0.407 e. The zero-order valence-electron chi connectivity index (χ0n) is 16.0. The van der Waals surface area contributed by atoms with Gasteiger partial charge in [0.1, 0.15) is 5.60 Å². The standard InChI is InChI=1S/C20H33N3O2/c1-15(16-10-12-21-13-11-16)23-18(17-8-6-5-7-9-17)14-22-19(24)25-20(2,3)4/h10-13,15,17-18,23H,5-9,14H2,1-4H3,(H,22,24). The molecule has 1 heterocycles. The largest absolute Gasteiger partial charge is 0.444 e. The predicted octanol–water partition coefficient (Wildman–Crippen LogP) is 4.21. The highest BCUT2D eigenvalue weighted by Gasteiger charge is 2.26. The van der Waals surface area contributed by atoms with Crippen molar-refractivity contribution in [1.82, 2.24) is 15.6 Å². The molecule has 25 heavy (non-hydrogen) atoms. The van der Waals surface area contributed by atoms with Crippen LogP contribution < -0.4 is 10.6 Å². The van der Waals surface area contributed by atoms with Gasteiger partial charge in [-0.3, -0.25) is 4.98 Å². The Hall–Kier alpha value is -1.62. The Bertz CT molecular complexity index is 521. The van der Waals surface area contributed by atoms with Crippen molar-refractivity contribution in [2.45, 2.75) is 77.5 Å². The Kier molecular flexibility index (Phi) is 7.24. The van der Waals surface area contributed by atoms with Crippen molar-refractivity contribution in [2.24, 2.45) is 5.92 Å². The highest BCUT2D eigenvalue weighted by Crippen LogP contribution is 2.27. The summed E-state index contributed by atoms with van der Waals surface area (Å²) in [6.45, 7) is 8.41. The van der Waals surface area contributed by atoms with Crippen LogP contribution in [0.15, 0.2) is 24.5 Å². The lowest BCUT2D eigenvalue weighted by molar-refractivity contribution is 0.0514. The number of nitrogens with one attached hydrogen (secondary N) is 2. The highest BCUT2D eigenvalue weighted by molar-refractivity contribution is 5.67. The summed E-state index contributed by atoms with van der Waals surface area (Å²) in [5.41, 5.74) is 0.746. The van der Waals surface area contributed by atoms with Crippen LogP contribution in [0.4, 0.5) is 4.79 Å². The van der Waals surface area contributed by atoms with E-state index in [1.165, 1.54) is 37.7 Å². The van der Waals surface area contributed by atoms with Crippen LogP contribution in [0.5, 0.6) is 0 Å². The second-order valence-corrected chi connectivity index (χ2v) is 8.06. The number of ether oxygens (including phenoxy) is 1. The SMILES string of the molecule is CC(NC(CNC(=O)OC(C)(C)C)C1CCCCC1)c1ccncc1. The second kappa shape index (κ2) is 9.18. The van der Waals surface area contributed by atoms with E-state index in [1.54, 1.807) is 0 Å². The molecule has 1 fully saturated rings. The molecule has 5 heteroatoms. The first-order chi connectivity index (χ1) is 11.8. The Morgan fingerprint density at radius 3 is 2.48 bits per heavy atom. The number of pyridine rings is 1. The molecule has 2 unspecified atom stereocenters. The van der Waals surface area contributed by atoms with Crippen molar-refractivity contribution in [3.05, 3.63) is 30.1 Å². The Morgan fingerprint density at radius 1 is 1.24 bits per heavy atom. The van der Waals surface area contributed by atoms with Gasteiger partial charge in [-0.1, -0.05) is 19.3 Å². The molecule has 0 spiro atoms. The molecular formula is C20H33N3O2. The molecule has 1 aromatic rings. The fourth-order valence-corrected chi connectivity index (χ4v) is 3.48. The molecule has 1 aliphatic rings. The molecule has 1 aromatic heterocycles. The summed E-state index contributed by atoms with van der Waals surface area (Å²) in [7, 11) is 0. The van der Waals surface area contributed by atoms with Crippen LogP contribution in [0.3, 0.4) is 0 Å². The molecule has 2 N–H and O–H groups in total.